The molecule has 1 N–H and O–H groups in total. The van der Waals surface area contributed by atoms with Crippen LogP contribution in [0.2, 0.25) is 0 Å². The van der Waals surface area contributed by atoms with E-state index in [0.717, 1.165) is 22.8 Å². The molecule has 1 heterocycles. The number of nitrogens with one attached hydrogen (secondary N) is 1. The van der Waals surface area contributed by atoms with Crippen molar-refractivity contribution in [2.45, 2.75) is 13.8 Å². The number of aromatic nitrogens is 1. The molecule has 2 aromatic rings. The van der Waals surface area contributed by atoms with Gasteiger partial charge in [-0.25, -0.2) is 0 Å². The summed E-state index contributed by atoms with van der Waals surface area (Å²) >= 11 is 0. The Morgan fingerprint density at radius 2 is 1.55 bits per heavy atom. The number of aryl methyl sites for hydroxylation is 2. The third-order valence-electron chi connectivity index (χ3n) is 2.91. The van der Waals surface area contributed by atoms with Crippen LogP contribution >= 0.6 is 0 Å². The first-order valence-corrected chi connectivity index (χ1v) is 6.05. The monoisotopic (exact) mass is 263 g/mol. The Bertz CT molecular complexity index is 688. The molecule has 0 radical (unpaired) electrons. The van der Waals surface area contributed by atoms with Crippen LogP contribution in [0.1, 0.15) is 11.4 Å². The minimum Gasteiger partial charge on any atom is -0.319 e. The first kappa shape index (κ1) is 13.4. The second-order valence-corrected chi connectivity index (χ2v) is 4.29. The summed E-state index contributed by atoms with van der Waals surface area (Å²) in [6.07, 6.45) is 0. The molecule has 0 bridgehead atoms. The van der Waals surface area contributed by atoms with Crippen molar-refractivity contribution >= 4 is 11.4 Å². The van der Waals surface area contributed by atoms with E-state index in [1.807, 2.05) is 24.3 Å². The average Bonchev–Trinajstić information content (AvgIpc) is 2.80. The Morgan fingerprint density at radius 1 is 1.00 bits per heavy atom. The van der Waals surface area contributed by atoms with E-state index in [-0.39, 0.29) is 5.71 Å². The fourth-order valence-electron chi connectivity index (χ4n) is 1.96. The van der Waals surface area contributed by atoms with E-state index in [0.29, 0.717) is 0 Å². The summed E-state index contributed by atoms with van der Waals surface area (Å²) in [5.41, 5.74) is 6.59. The quantitative estimate of drug-likeness (QED) is 0.683. The number of anilines is 1. The second kappa shape index (κ2) is 5.73. The summed E-state index contributed by atoms with van der Waals surface area (Å²) in [4.78, 5) is 0. The maximum Gasteiger partial charge on any atom is 0.237 e. The summed E-state index contributed by atoms with van der Waals surface area (Å²) in [7, 11) is 0. The standard InChI is InChI=1S/C15H13N5/c1-11-3-4-12(2)20(11)15-7-5-13(6-8-15)18-19-14(9-16)10-17/h3-8,18H,1-2H3. The molecule has 0 amide bonds. The molecule has 98 valence electrons. The lowest BCUT2D eigenvalue weighted by Gasteiger charge is -2.10. The average molecular weight is 263 g/mol. The number of rotatable bonds is 3. The third kappa shape index (κ3) is 2.68. The Morgan fingerprint density at radius 3 is 2.05 bits per heavy atom. The summed E-state index contributed by atoms with van der Waals surface area (Å²) in [5.74, 6) is 0. The van der Waals surface area contributed by atoms with E-state index >= 15 is 0 Å². The zero-order valence-electron chi connectivity index (χ0n) is 11.3. The number of nitrogens with zero attached hydrogens (tertiary/aromatic N) is 4. The summed E-state index contributed by atoms with van der Waals surface area (Å²) in [6, 6.07) is 15.1. The molecule has 0 saturated heterocycles. The minimum absolute atomic E-state index is 0.203. The van der Waals surface area contributed by atoms with E-state index < -0.39 is 0 Å². The number of hydrogen-bond donors (Lipinski definition) is 1. The minimum atomic E-state index is -0.203. The van der Waals surface area contributed by atoms with Gasteiger partial charge in [0.2, 0.25) is 5.71 Å². The molecule has 5 nitrogen and oxygen atoms in total. The largest absolute Gasteiger partial charge is 0.319 e. The summed E-state index contributed by atoms with van der Waals surface area (Å²) in [5, 5.41) is 20.9. The van der Waals surface area contributed by atoms with Gasteiger partial charge in [0.15, 0.2) is 0 Å². The van der Waals surface area contributed by atoms with Crippen LogP contribution in [0.25, 0.3) is 5.69 Å². The number of benzene rings is 1. The van der Waals surface area contributed by atoms with Gasteiger partial charge in [0.05, 0.1) is 5.69 Å². The van der Waals surface area contributed by atoms with Crippen molar-refractivity contribution in [1.82, 2.24) is 4.57 Å². The van der Waals surface area contributed by atoms with Gasteiger partial charge < -0.3 is 4.57 Å². The molecule has 0 saturated carbocycles. The second-order valence-electron chi connectivity index (χ2n) is 4.29. The topological polar surface area (TPSA) is 76.9 Å². The molecule has 5 heteroatoms. The molecular weight excluding hydrogens is 250 g/mol. The SMILES string of the molecule is Cc1ccc(C)n1-c1ccc(NN=C(C#N)C#N)cc1. The highest BCUT2D eigenvalue weighted by Gasteiger charge is 2.03. The molecule has 0 aliphatic heterocycles. The van der Waals surface area contributed by atoms with Gasteiger partial charge in [0.1, 0.15) is 12.1 Å². The van der Waals surface area contributed by atoms with Gasteiger partial charge in [-0.1, -0.05) is 0 Å². The van der Waals surface area contributed by atoms with Gasteiger partial charge >= 0.3 is 0 Å². The van der Waals surface area contributed by atoms with E-state index in [1.165, 1.54) is 0 Å². The molecule has 2 rings (SSSR count). The van der Waals surface area contributed by atoms with Crippen LogP contribution in [-0.2, 0) is 0 Å². The number of hydrogen-bond acceptors (Lipinski definition) is 4. The molecule has 0 atom stereocenters. The van der Waals surface area contributed by atoms with Crippen molar-refractivity contribution in [1.29, 1.82) is 10.5 Å². The van der Waals surface area contributed by atoms with Gasteiger partial charge in [-0.2, -0.15) is 15.6 Å². The van der Waals surface area contributed by atoms with E-state index in [4.69, 9.17) is 10.5 Å². The van der Waals surface area contributed by atoms with E-state index in [9.17, 15) is 0 Å². The van der Waals surface area contributed by atoms with Crippen LogP contribution < -0.4 is 5.43 Å². The maximum atomic E-state index is 8.59. The summed E-state index contributed by atoms with van der Waals surface area (Å²) in [6.45, 7) is 4.10. The molecule has 20 heavy (non-hydrogen) atoms. The summed E-state index contributed by atoms with van der Waals surface area (Å²) < 4.78 is 2.14. The lowest BCUT2D eigenvalue weighted by molar-refractivity contribution is 0.966. The van der Waals surface area contributed by atoms with Crippen LogP contribution in [0.3, 0.4) is 0 Å². The number of nitriles is 2. The van der Waals surface area contributed by atoms with E-state index in [2.05, 4.69) is 41.1 Å². The van der Waals surface area contributed by atoms with Gasteiger partial charge in [-0.3, -0.25) is 5.43 Å². The first-order chi connectivity index (χ1) is 9.65. The molecule has 0 unspecified atom stereocenters. The zero-order chi connectivity index (χ0) is 14.5. The van der Waals surface area contributed by atoms with Gasteiger partial charge in [-0.15, -0.1) is 0 Å². The highest BCUT2D eigenvalue weighted by atomic mass is 15.3. The van der Waals surface area contributed by atoms with Crippen LogP contribution in [0.5, 0.6) is 0 Å². The fraction of sp³-hybridized carbons (Fsp3) is 0.133. The Labute approximate surface area is 117 Å². The molecule has 0 fully saturated rings. The third-order valence-corrected chi connectivity index (χ3v) is 2.91. The van der Waals surface area contributed by atoms with Crippen molar-refractivity contribution < 1.29 is 0 Å². The normalized spacial score (nSPS) is 9.40. The molecule has 0 aliphatic rings. The molecule has 1 aromatic carbocycles. The van der Waals surface area contributed by atoms with Crippen molar-refractivity contribution in [3.63, 3.8) is 0 Å². The van der Waals surface area contributed by atoms with Crippen LogP contribution in [-0.4, -0.2) is 10.3 Å². The maximum absolute atomic E-state index is 8.59. The van der Waals surface area contributed by atoms with Crippen LogP contribution in [0.4, 0.5) is 5.69 Å². The van der Waals surface area contributed by atoms with Crippen LogP contribution in [0, 0.1) is 36.5 Å². The lowest BCUT2D eigenvalue weighted by Crippen LogP contribution is -1.99. The Kier molecular flexibility index (Phi) is 3.83. The van der Waals surface area contributed by atoms with Crippen molar-refractivity contribution in [3.8, 4) is 17.8 Å². The molecule has 1 aromatic heterocycles. The Hall–Kier alpha value is -3.05. The highest BCUT2D eigenvalue weighted by Crippen LogP contribution is 2.18. The predicted molar refractivity (Wildman–Crippen MR) is 77.5 cm³/mol. The van der Waals surface area contributed by atoms with Crippen LogP contribution in [0.15, 0.2) is 41.5 Å². The van der Waals surface area contributed by atoms with Gasteiger partial charge in [0, 0.05) is 17.1 Å². The van der Waals surface area contributed by atoms with E-state index in [1.54, 1.807) is 12.1 Å². The van der Waals surface area contributed by atoms with Gasteiger partial charge in [0.25, 0.3) is 0 Å². The molecular formula is C15H13N5. The Balaban J connectivity index is 2.22. The fourth-order valence-corrected chi connectivity index (χ4v) is 1.96. The molecule has 0 aliphatic carbocycles. The first-order valence-electron chi connectivity index (χ1n) is 6.05. The predicted octanol–water partition coefficient (Wildman–Crippen LogP) is 2.91. The van der Waals surface area contributed by atoms with Gasteiger partial charge in [-0.05, 0) is 50.2 Å². The lowest BCUT2D eigenvalue weighted by atomic mass is 10.2. The van der Waals surface area contributed by atoms with Crippen molar-refractivity contribution in [2.75, 3.05) is 5.43 Å². The molecule has 0 spiro atoms. The van der Waals surface area contributed by atoms with Crippen molar-refractivity contribution in [2.24, 2.45) is 5.10 Å². The highest BCUT2D eigenvalue weighted by molar-refractivity contribution is 6.10. The van der Waals surface area contributed by atoms with Crippen molar-refractivity contribution in [3.05, 3.63) is 47.8 Å². The number of hydrazone groups is 1. The zero-order valence-corrected chi connectivity index (χ0v) is 11.3. The smallest absolute Gasteiger partial charge is 0.237 e.